The van der Waals surface area contributed by atoms with Crippen molar-refractivity contribution in [1.82, 2.24) is 9.80 Å². The van der Waals surface area contributed by atoms with E-state index in [2.05, 4.69) is 0 Å². The van der Waals surface area contributed by atoms with Crippen LogP contribution in [0.4, 0.5) is 4.79 Å². The van der Waals surface area contributed by atoms with Gasteiger partial charge in [0, 0.05) is 29.1 Å². The third-order valence-electron chi connectivity index (χ3n) is 5.03. The topological polar surface area (TPSA) is 70.8 Å². The molecule has 1 aromatic carbocycles. The summed E-state index contributed by atoms with van der Waals surface area (Å²) in [6.07, 6.45) is 5.68. The van der Waals surface area contributed by atoms with Gasteiger partial charge in [-0.3, -0.25) is 19.3 Å². The van der Waals surface area contributed by atoms with Crippen molar-refractivity contribution in [2.75, 3.05) is 19.6 Å². The Hall–Kier alpha value is -2.16. The van der Waals surface area contributed by atoms with Gasteiger partial charge in [-0.05, 0) is 61.0 Å². The van der Waals surface area contributed by atoms with E-state index in [4.69, 9.17) is 16.0 Å². The Morgan fingerprint density at radius 3 is 2.48 bits per heavy atom. The first-order valence-electron chi connectivity index (χ1n) is 10.1. The molecule has 0 radical (unpaired) electrons. The molecule has 4 rings (SSSR count). The zero-order chi connectivity index (χ0) is 21.8. The van der Waals surface area contributed by atoms with E-state index in [0.717, 1.165) is 47.2 Å². The smallest absolute Gasteiger partial charge is 0.294 e. The van der Waals surface area contributed by atoms with E-state index in [1.165, 1.54) is 11.8 Å². The summed E-state index contributed by atoms with van der Waals surface area (Å²) in [5.74, 6) is -0.160. The van der Waals surface area contributed by atoms with Gasteiger partial charge in [0.05, 0.1) is 4.91 Å². The first-order valence-corrected chi connectivity index (χ1v) is 12.1. The highest BCUT2D eigenvalue weighted by molar-refractivity contribution is 8.18. The number of hydrogen-bond acceptors (Lipinski definition) is 6. The minimum absolute atomic E-state index is 0.176. The lowest BCUT2D eigenvalue weighted by molar-refractivity contribution is -0.135. The molecule has 0 unspecified atom stereocenters. The maximum Gasteiger partial charge on any atom is 0.294 e. The van der Waals surface area contributed by atoms with Crippen molar-refractivity contribution in [3.8, 4) is 0 Å². The number of amides is 3. The van der Waals surface area contributed by atoms with Gasteiger partial charge in [0.1, 0.15) is 12.3 Å². The van der Waals surface area contributed by atoms with Crippen LogP contribution in [0, 0.1) is 0 Å². The van der Waals surface area contributed by atoms with E-state index in [9.17, 15) is 14.4 Å². The predicted octanol–water partition coefficient (Wildman–Crippen LogP) is 5.52. The average Bonchev–Trinajstić information content (AvgIpc) is 3.15. The van der Waals surface area contributed by atoms with Crippen molar-refractivity contribution >= 4 is 58.3 Å². The summed E-state index contributed by atoms with van der Waals surface area (Å²) in [5, 5.41) is 0.889. The van der Waals surface area contributed by atoms with E-state index in [0.29, 0.717) is 29.0 Å². The molecule has 0 spiro atoms. The highest BCUT2D eigenvalue weighted by Gasteiger charge is 2.37. The molecule has 162 valence electrons. The molecule has 2 aliphatic heterocycles. The number of carbonyl (C=O) groups excluding carboxylic acids is 3. The monoisotopic (exact) mass is 476 g/mol. The Balaban J connectivity index is 1.40. The van der Waals surface area contributed by atoms with Crippen LogP contribution in [0.1, 0.15) is 31.4 Å². The van der Waals surface area contributed by atoms with Crippen LogP contribution in [0.15, 0.2) is 55.7 Å². The molecule has 2 fully saturated rings. The van der Waals surface area contributed by atoms with Gasteiger partial charge in [-0.15, -0.1) is 0 Å². The molecule has 3 amide bonds. The number of thioether (sulfide) groups is 1. The van der Waals surface area contributed by atoms with E-state index in [-0.39, 0.29) is 17.4 Å². The molecule has 31 heavy (non-hydrogen) atoms. The van der Waals surface area contributed by atoms with Crippen molar-refractivity contribution in [1.29, 1.82) is 0 Å². The van der Waals surface area contributed by atoms with Gasteiger partial charge in [0.15, 0.2) is 5.09 Å². The standard InChI is InChI=1S/C22H21ClN2O4S2/c23-15-5-8-17(9-6-15)30-20-10-7-16(29-20)13-18-21(27)25(22(28)31-18)14-19(26)24-11-3-1-2-4-12-24/h5-10,13H,1-4,11-12,14H2. The third kappa shape index (κ3) is 5.56. The second-order valence-corrected chi connectivity index (χ2v) is 9.78. The zero-order valence-electron chi connectivity index (χ0n) is 16.7. The summed E-state index contributed by atoms with van der Waals surface area (Å²) >= 11 is 8.16. The van der Waals surface area contributed by atoms with Gasteiger partial charge in [0.25, 0.3) is 11.1 Å². The van der Waals surface area contributed by atoms with E-state index >= 15 is 0 Å². The normalized spacial score (nSPS) is 18.7. The van der Waals surface area contributed by atoms with Crippen LogP contribution in [-0.4, -0.2) is 46.5 Å². The largest absolute Gasteiger partial charge is 0.450 e. The maximum absolute atomic E-state index is 12.7. The lowest BCUT2D eigenvalue weighted by atomic mass is 10.2. The summed E-state index contributed by atoms with van der Waals surface area (Å²) in [4.78, 5) is 41.7. The Bertz CT molecular complexity index is 1010. The zero-order valence-corrected chi connectivity index (χ0v) is 19.1. The molecule has 2 saturated heterocycles. The summed E-state index contributed by atoms with van der Waals surface area (Å²) in [5.41, 5.74) is 0. The van der Waals surface area contributed by atoms with Gasteiger partial charge in [-0.2, -0.15) is 0 Å². The van der Waals surface area contributed by atoms with E-state index in [1.807, 2.05) is 12.1 Å². The first kappa shape index (κ1) is 22.0. The van der Waals surface area contributed by atoms with Crippen LogP contribution in [0.3, 0.4) is 0 Å². The first-order chi connectivity index (χ1) is 15.0. The molecule has 0 N–H and O–H groups in total. The van der Waals surface area contributed by atoms with Crippen molar-refractivity contribution in [3.05, 3.63) is 52.1 Å². The summed E-state index contributed by atoms with van der Waals surface area (Å²) in [7, 11) is 0. The molecular formula is C22H21ClN2O4S2. The molecule has 9 heteroatoms. The number of hydrogen-bond donors (Lipinski definition) is 0. The number of halogens is 1. The number of benzene rings is 1. The Morgan fingerprint density at radius 1 is 1.06 bits per heavy atom. The minimum Gasteiger partial charge on any atom is -0.450 e. The van der Waals surface area contributed by atoms with Crippen LogP contribution in [0.5, 0.6) is 0 Å². The molecule has 1 aromatic heterocycles. The average molecular weight is 477 g/mol. The number of nitrogens with zero attached hydrogens (tertiary/aromatic N) is 2. The molecule has 2 aliphatic rings. The Kier molecular flexibility index (Phi) is 7.09. The molecule has 3 heterocycles. The number of likely N-dealkylation sites (tertiary alicyclic amines) is 1. The maximum atomic E-state index is 12.7. The van der Waals surface area contributed by atoms with E-state index in [1.54, 1.807) is 35.2 Å². The predicted molar refractivity (Wildman–Crippen MR) is 122 cm³/mol. The third-order valence-corrected chi connectivity index (χ3v) is 7.12. The fraction of sp³-hybridized carbons (Fsp3) is 0.318. The number of rotatable bonds is 5. The molecular weight excluding hydrogens is 456 g/mol. The SMILES string of the molecule is O=C(CN1C(=O)SC(=Cc2ccc(Sc3ccc(Cl)cc3)o2)C1=O)N1CCCCCC1. The quantitative estimate of drug-likeness (QED) is 0.529. The number of imide groups is 1. The summed E-state index contributed by atoms with van der Waals surface area (Å²) < 4.78 is 5.77. The van der Waals surface area contributed by atoms with Crippen LogP contribution >= 0.6 is 35.1 Å². The van der Waals surface area contributed by atoms with Gasteiger partial charge in [-0.1, -0.05) is 36.2 Å². The molecule has 0 bridgehead atoms. The summed E-state index contributed by atoms with van der Waals surface area (Å²) in [6.45, 7) is 1.16. The second kappa shape index (κ2) is 9.97. The van der Waals surface area contributed by atoms with Crippen molar-refractivity contribution in [2.45, 2.75) is 35.7 Å². The van der Waals surface area contributed by atoms with Gasteiger partial charge < -0.3 is 9.32 Å². The minimum atomic E-state index is -0.457. The van der Waals surface area contributed by atoms with Gasteiger partial charge >= 0.3 is 0 Å². The number of furan rings is 1. The fourth-order valence-corrected chi connectivity index (χ4v) is 5.13. The molecule has 0 aliphatic carbocycles. The fourth-order valence-electron chi connectivity index (χ4n) is 3.41. The van der Waals surface area contributed by atoms with Crippen LogP contribution in [-0.2, 0) is 9.59 Å². The Morgan fingerprint density at radius 2 is 1.77 bits per heavy atom. The van der Waals surface area contributed by atoms with Crippen LogP contribution in [0.25, 0.3) is 6.08 Å². The highest BCUT2D eigenvalue weighted by Crippen LogP contribution is 2.34. The van der Waals surface area contributed by atoms with Crippen LogP contribution < -0.4 is 0 Å². The highest BCUT2D eigenvalue weighted by atomic mass is 35.5. The molecule has 6 nitrogen and oxygen atoms in total. The van der Waals surface area contributed by atoms with Crippen molar-refractivity contribution in [3.63, 3.8) is 0 Å². The van der Waals surface area contributed by atoms with E-state index < -0.39 is 11.1 Å². The lowest BCUT2D eigenvalue weighted by Gasteiger charge is -2.22. The molecule has 0 atom stereocenters. The molecule has 2 aromatic rings. The van der Waals surface area contributed by atoms with Crippen molar-refractivity contribution < 1.29 is 18.8 Å². The lowest BCUT2D eigenvalue weighted by Crippen LogP contribution is -2.42. The van der Waals surface area contributed by atoms with Crippen molar-refractivity contribution in [2.24, 2.45) is 0 Å². The second-order valence-electron chi connectivity index (χ2n) is 7.28. The van der Waals surface area contributed by atoms with Crippen LogP contribution in [0.2, 0.25) is 5.02 Å². The number of carbonyl (C=O) groups is 3. The van der Waals surface area contributed by atoms with Gasteiger partial charge in [0.2, 0.25) is 5.91 Å². The summed E-state index contributed by atoms with van der Waals surface area (Å²) in [6, 6.07) is 10.9. The Labute approximate surface area is 194 Å². The molecule has 0 saturated carbocycles. The van der Waals surface area contributed by atoms with Gasteiger partial charge in [-0.25, -0.2) is 0 Å².